The van der Waals surface area contributed by atoms with Crippen molar-refractivity contribution in [2.24, 2.45) is 0 Å². The lowest BCUT2D eigenvalue weighted by molar-refractivity contribution is -0.137. The van der Waals surface area contributed by atoms with Crippen molar-refractivity contribution in [3.05, 3.63) is 89.2 Å². The maximum absolute atomic E-state index is 13.3. The molecule has 28 heavy (non-hydrogen) atoms. The molecule has 1 aliphatic heterocycles. The second kappa shape index (κ2) is 7.36. The van der Waals surface area contributed by atoms with Crippen molar-refractivity contribution in [2.45, 2.75) is 31.7 Å². The molecule has 0 radical (unpaired) electrons. The standard InChI is InChI=1S/C22H21F3N2O/c23-22(24,25)18-8-3-7-16(14-18)21-19-9-4-11-26(19)12-5-13-27(21)15-17-6-1-2-10-20(17)28/h1-4,6-11,14,21,28H,5,12-13,15H2/t21-/m1/s1. The number of rotatable bonds is 3. The molecule has 0 unspecified atom stereocenters. The van der Waals surface area contributed by atoms with Gasteiger partial charge in [-0.05, 0) is 42.3 Å². The molecule has 2 aromatic carbocycles. The predicted molar refractivity (Wildman–Crippen MR) is 101 cm³/mol. The van der Waals surface area contributed by atoms with Crippen LogP contribution in [0.25, 0.3) is 0 Å². The number of aryl methyl sites for hydroxylation is 1. The summed E-state index contributed by atoms with van der Waals surface area (Å²) in [7, 11) is 0. The van der Waals surface area contributed by atoms with Crippen LogP contribution in [0.15, 0.2) is 66.9 Å². The molecule has 3 nitrogen and oxygen atoms in total. The molecule has 2 heterocycles. The first-order valence-electron chi connectivity index (χ1n) is 9.26. The summed E-state index contributed by atoms with van der Waals surface area (Å²) in [4.78, 5) is 2.14. The highest BCUT2D eigenvalue weighted by molar-refractivity contribution is 5.36. The Kier molecular flexibility index (Phi) is 4.89. The minimum atomic E-state index is -4.38. The molecule has 0 aliphatic carbocycles. The van der Waals surface area contributed by atoms with Gasteiger partial charge in [0.2, 0.25) is 0 Å². The molecule has 1 aromatic heterocycles. The normalized spacial score (nSPS) is 17.9. The van der Waals surface area contributed by atoms with Gasteiger partial charge in [0.05, 0.1) is 11.6 Å². The Hall–Kier alpha value is -2.73. The van der Waals surface area contributed by atoms with E-state index in [4.69, 9.17) is 0 Å². The van der Waals surface area contributed by atoms with Gasteiger partial charge in [-0.25, -0.2) is 0 Å². The summed E-state index contributed by atoms with van der Waals surface area (Å²) in [6, 6.07) is 16.2. The van der Waals surface area contributed by atoms with Crippen molar-refractivity contribution >= 4 is 0 Å². The molecule has 0 amide bonds. The number of phenols is 1. The third kappa shape index (κ3) is 3.64. The van der Waals surface area contributed by atoms with E-state index in [2.05, 4.69) is 9.47 Å². The quantitative estimate of drug-likeness (QED) is 0.670. The minimum absolute atomic E-state index is 0.199. The number of phenolic OH excluding ortho intramolecular Hbond substituents is 1. The van der Waals surface area contributed by atoms with E-state index in [0.29, 0.717) is 12.1 Å². The van der Waals surface area contributed by atoms with Crippen molar-refractivity contribution < 1.29 is 18.3 Å². The molecule has 0 bridgehead atoms. The summed E-state index contributed by atoms with van der Waals surface area (Å²) in [5, 5.41) is 10.2. The molecule has 1 atom stereocenters. The first kappa shape index (κ1) is 18.6. The van der Waals surface area contributed by atoms with E-state index in [1.165, 1.54) is 12.1 Å². The van der Waals surface area contributed by atoms with Gasteiger partial charge in [0.25, 0.3) is 0 Å². The zero-order valence-electron chi connectivity index (χ0n) is 15.2. The molecule has 0 fully saturated rings. The highest BCUT2D eigenvalue weighted by Crippen LogP contribution is 2.37. The van der Waals surface area contributed by atoms with E-state index in [0.717, 1.165) is 36.8 Å². The molecular weight excluding hydrogens is 365 g/mol. The van der Waals surface area contributed by atoms with Crippen LogP contribution < -0.4 is 0 Å². The Morgan fingerprint density at radius 2 is 1.79 bits per heavy atom. The molecule has 3 aromatic rings. The van der Waals surface area contributed by atoms with Gasteiger partial charge in [-0.1, -0.05) is 30.3 Å². The number of aromatic hydroxyl groups is 1. The first-order valence-corrected chi connectivity index (χ1v) is 9.26. The molecule has 6 heteroatoms. The molecular formula is C22H21F3N2O. The van der Waals surface area contributed by atoms with E-state index in [9.17, 15) is 18.3 Å². The highest BCUT2D eigenvalue weighted by Gasteiger charge is 2.33. The minimum Gasteiger partial charge on any atom is -0.508 e. The van der Waals surface area contributed by atoms with Crippen LogP contribution in [0.2, 0.25) is 0 Å². The maximum Gasteiger partial charge on any atom is 0.416 e. The van der Waals surface area contributed by atoms with Crippen molar-refractivity contribution in [1.82, 2.24) is 9.47 Å². The van der Waals surface area contributed by atoms with Gasteiger partial charge in [-0.15, -0.1) is 0 Å². The van der Waals surface area contributed by atoms with Crippen LogP contribution in [-0.4, -0.2) is 21.1 Å². The predicted octanol–water partition coefficient (Wildman–Crippen LogP) is 5.21. The summed E-state index contributed by atoms with van der Waals surface area (Å²) in [6.45, 7) is 1.99. The van der Waals surface area contributed by atoms with E-state index >= 15 is 0 Å². The number of fused-ring (bicyclic) bond motifs is 1. The van der Waals surface area contributed by atoms with E-state index < -0.39 is 11.7 Å². The number of halogens is 3. The van der Waals surface area contributed by atoms with Crippen LogP contribution in [0.4, 0.5) is 13.2 Å². The number of para-hydroxylation sites is 1. The SMILES string of the molecule is Oc1ccccc1CN1CCCn2cccc2[C@H]1c1cccc(C(F)(F)F)c1. The molecule has 0 saturated carbocycles. The highest BCUT2D eigenvalue weighted by atomic mass is 19.4. The number of nitrogens with zero attached hydrogens (tertiary/aromatic N) is 2. The third-order valence-electron chi connectivity index (χ3n) is 5.25. The Bertz CT molecular complexity index is 964. The van der Waals surface area contributed by atoms with Crippen molar-refractivity contribution in [3.63, 3.8) is 0 Å². The largest absolute Gasteiger partial charge is 0.508 e. The number of hydrogen-bond donors (Lipinski definition) is 1. The summed E-state index contributed by atoms with van der Waals surface area (Å²) in [6.07, 6.45) is -1.53. The van der Waals surface area contributed by atoms with Gasteiger partial charge in [0.15, 0.2) is 0 Å². The molecule has 4 rings (SSSR count). The first-order chi connectivity index (χ1) is 13.4. The fraction of sp³-hybridized carbons (Fsp3) is 0.273. The summed E-state index contributed by atoms with van der Waals surface area (Å²) in [5.74, 6) is 0.199. The van der Waals surface area contributed by atoms with Crippen LogP contribution in [-0.2, 0) is 19.3 Å². The number of alkyl halides is 3. The van der Waals surface area contributed by atoms with Crippen molar-refractivity contribution in [3.8, 4) is 5.75 Å². The fourth-order valence-corrected chi connectivity index (χ4v) is 3.94. The van der Waals surface area contributed by atoms with Crippen LogP contribution >= 0.6 is 0 Å². The van der Waals surface area contributed by atoms with E-state index in [1.54, 1.807) is 18.2 Å². The Morgan fingerprint density at radius 1 is 0.964 bits per heavy atom. The zero-order chi connectivity index (χ0) is 19.7. The van der Waals surface area contributed by atoms with Crippen molar-refractivity contribution in [1.29, 1.82) is 0 Å². The van der Waals surface area contributed by atoms with Crippen molar-refractivity contribution in [2.75, 3.05) is 6.54 Å². The average molecular weight is 386 g/mol. The van der Waals surface area contributed by atoms with Crippen LogP contribution in [0.5, 0.6) is 5.75 Å². The van der Waals surface area contributed by atoms with Crippen LogP contribution in [0.1, 0.15) is 34.8 Å². The number of benzene rings is 2. The maximum atomic E-state index is 13.3. The smallest absolute Gasteiger partial charge is 0.416 e. The molecule has 1 N–H and O–H groups in total. The van der Waals surface area contributed by atoms with E-state index in [1.807, 2.05) is 30.5 Å². The molecule has 0 spiro atoms. The summed E-state index contributed by atoms with van der Waals surface area (Å²) < 4.78 is 42.0. The topological polar surface area (TPSA) is 28.4 Å². The second-order valence-electron chi connectivity index (χ2n) is 7.10. The van der Waals surface area contributed by atoms with Gasteiger partial charge in [0, 0.05) is 37.1 Å². The molecule has 0 saturated heterocycles. The lowest BCUT2D eigenvalue weighted by Crippen LogP contribution is -2.29. The van der Waals surface area contributed by atoms with Gasteiger partial charge >= 0.3 is 6.18 Å². The zero-order valence-corrected chi connectivity index (χ0v) is 15.2. The lowest BCUT2D eigenvalue weighted by atomic mass is 9.98. The van der Waals surface area contributed by atoms with Gasteiger partial charge in [-0.3, -0.25) is 4.90 Å². The average Bonchev–Trinajstić information content (AvgIpc) is 3.04. The van der Waals surface area contributed by atoms with Gasteiger partial charge < -0.3 is 9.67 Å². The van der Waals surface area contributed by atoms with Gasteiger partial charge in [0.1, 0.15) is 5.75 Å². The molecule has 1 aliphatic rings. The molecule has 146 valence electrons. The second-order valence-corrected chi connectivity index (χ2v) is 7.10. The van der Waals surface area contributed by atoms with Crippen LogP contribution in [0, 0.1) is 0 Å². The van der Waals surface area contributed by atoms with Gasteiger partial charge in [-0.2, -0.15) is 13.2 Å². The summed E-state index contributed by atoms with van der Waals surface area (Å²) >= 11 is 0. The summed E-state index contributed by atoms with van der Waals surface area (Å²) in [5.41, 5.74) is 1.69. The fourth-order valence-electron chi connectivity index (χ4n) is 3.94. The monoisotopic (exact) mass is 386 g/mol. The Balaban J connectivity index is 1.78. The van der Waals surface area contributed by atoms with E-state index in [-0.39, 0.29) is 11.8 Å². The lowest BCUT2D eigenvalue weighted by Gasteiger charge is -2.31. The number of aromatic nitrogens is 1. The number of hydrogen-bond acceptors (Lipinski definition) is 2. The Morgan fingerprint density at radius 3 is 2.57 bits per heavy atom. The van der Waals surface area contributed by atoms with Crippen LogP contribution in [0.3, 0.4) is 0 Å². The Labute approximate surface area is 161 Å². The third-order valence-corrected chi connectivity index (χ3v) is 5.25.